The number of nitrogens with zero attached hydrogens (tertiary/aromatic N) is 2. The van der Waals surface area contributed by atoms with Gasteiger partial charge in [0.05, 0.1) is 5.75 Å². The maximum atomic E-state index is 14.1. The molecule has 1 aromatic heterocycles. The number of nitrogens with one attached hydrogen (secondary N) is 1. The Balaban J connectivity index is 1.26. The molecule has 2 heterocycles. The fourth-order valence-electron chi connectivity index (χ4n) is 5.06. The molecule has 0 unspecified atom stereocenters. The number of anilines is 1. The SMILES string of the molecule is CCn1c2ccccc2c2cc(NC(=O)C3CCN(S(=O)(=O)Cc4c(F)cccc4Cl)CC3)ccc21. The number of carbonyl (C=O) groups is 1. The Labute approximate surface area is 214 Å². The molecule has 6 nitrogen and oxygen atoms in total. The molecule has 1 aliphatic rings. The van der Waals surface area contributed by atoms with Crippen LogP contribution in [-0.2, 0) is 27.1 Å². The second kappa shape index (κ2) is 9.84. The average Bonchev–Trinajstić information content (AvgIpc) is 3.19. The highest BCUT2D eigenvalue weighted by Crippen LogP contribution is 2.32. The Kier molecular flexibility index (Phi) is 6.76. The van der Waals surface area contributed by atoms with Crippen molar-refractivity contribution in [3.8, 4) is 0 Å². The molecule has 9 heteroatoms. The smallest absolute Gasteiger partial charge is 0.227 e. The summed E-state index contributed by atoms with van der Waals surface area (Å²) in [5.41, 5.74) is 2.96. The number of hydrogen-bond donors (Lipinski definition) is 1. The molecule has 3 aromatic carbocycles. The number of piperidine rings is 1. The monoisotopic (exact) mass is 527 g/mol. The lowest BCUT2D eigenvalue weighted by Gasteiger charge is -2.30. The van der Waals surface area contributed by atoms with Crippen LogP contribution in [0.2, 0.25) is 5.02 Å². The van der Waals surface area contributed by atoms with E-state index in [-0.39, 0.29) is 35.5 Å². The van der Waals surface area contributed by atoms with Crippen LogP contribution >= 0.6 is 11.6 Å². The van der Waals surface area contributed by atoms with E-state index in [1.165, 1.54) is 22.5 Å². The van der Waals surface area contributed by atoms with Crippen LogP contribution in [0, 0.1) is 11.7 Å². The molecule has 1 aliphatic heterocycles. The fourth-order valence-corrected chi connectivity index (χ4v) is 6.97. The van der Waals surface area contributed by atoms with E-state index >= 15 is 0 Å². The molecule has 188 valence electrons. The lowest BCUT2D eigenvalue weighted by Crippen LogP contribution is -2.42. The van der Waals surface area contributed by atoms with E-state index in [0.717, 1.165) is 34.0 Å². The predicted octanol–water partition coefficient (Wildman–Crippen LogP) is 5.79. The summed E-state index contributed by atoms with van der Waals surface area (Å²) in [5, 5.41) is 5.33. The number of aryl methyl sites for hydroxylation is 1. The molecule has 1 saturated heterocycles. The Morgan fingerprint density at radius 3 is 2.47 bits per heavy atom. The van der Waals surface area contributed by atoms with E-state index in [4.69, 9.17) is 11.6 Å². The van der Waals surface area contributed by atoms with Crippen LogP contribution in [0.4, 0.5) is 10.1 Å². The molecule has 36 heavy (non-hydrogen) atoms. The van der Waals surface area contributed by atoms with Gasteiger partial charge in [-0.3, -0.25) is 4.79 Å². The van der Waals surface area contributed by atoms with E-state index in [0.29, 0.717) is 12.8 Å². The average molecular weight is 528 g/mol. The Bertz CT molecular complexity index is 1540. The summed E-state index contributed by atoms with van der Waals surface area (Å²) in [6.07, 6.45) is 0.793. The van der Waals surface area contributed by atoms with Gasteiger partial charge in [0.25, 0.3) is 0 Å². The minimum atomic E-state index is -3.76. The summed E-state index contributed by atoms with van der Waals surface area (Å²) in [6.45, 7) is 3.37. The zero-order valence-corrected chi connectivity index (χ0v) is 21.4. The summed E-state index contributed by atoms with van der Waals surface area (Å²) in [6, 6.07) is 18.3. The standard InChI is InChI=1S/C27H27ClFN3O3S/c1-2-32-25-9-4-3-6-20(25)21-16-19(10-11-26(21)32)30-27(33)18-12-14-31(15-13-18)36(34,35)17-22-23(28)7-5-8-24(22)29/h3-11,16,18H,2,12-15,17H2,1H3,(H,30,33). The Hall–Kier alpha value is -2.94. The quantitative estimate of drug-likeness (QED) is 0.345. The van der Waals surface area contributed by atoms with Crippen LogP contribution in [-0.4, -0.2) is 36.3 Å². The molecule has 0 spiro atoms. The van der Waals surface area contributed by atoms with Crippen molar-refractivity contribution in [3.63, 3.8) is 0 Å². The topological polar surface area (TPSA) is 71.4 Å². The van der Waals surface area contributed by atoms with Gasteiger partial charge in [-0.2, -0.15) is 0 Å². The van der Waals surface area contributed by atoms with Crippen LogP contribution in [0.15, 0.2) is 60.7 Å². The van der Waals surface area contributed by atoms with Gasteiger partial charge >= 0.3 is 0 Å². The van der Waals surface area contributed by atoms with Crippen LogP contribution in [0.1, 0.15) is 25.3 Å². The van der Waals surface area contributed by atoms with Crippen molar-refractivity contribution in [2.75, 3.05) is 18.4 Å². The molecule has 0 atom stereocenters. The van der Waals surface area contributed by atoms with Crippen LogP contribution in [0.3, 0.4) is 0 Å². The van der Waals surface area contributed by atoms with Gasteiger partial charge in [-0.1, -0.05) is 35.9 Å². The van der Waals surface area contributed by atoms with Crippen molar-refractivity contribution in [2.24, 2.45) is 5.92 Å². The summed E-state index contributed by atoms with van der Waals surface area (Å²) in [4.78, 5) is 13.0. The first-order valence-corrected chi connectivity index (χ1v) is 14.0. The number of halogens is 2. The molecule has 0 radical (unpaired) electrons. The van der Waals surface area contributed by atoms with E-state index in [9.17, 15) is 17.6 Å². The third-order valence-electron chi connectivity index (χ3n) is 6.96. The number of amides is 1. The largest absolute Gasteiger partial charge is 0.341 e. The Morgan fingerprint density at radius 1 is 1.03 bits per heavy atom. The summed E-state index contributed by atoms with van der Waals surface area (Å²) >= 11 is 6.02. The molecule has 0 saturated carbocycles. The van der Waals surface area contributed by atoms with E-state index in [1.54, 1.807) is 0 Å². The molecular formula is C27H27ClFN3O3S. The first-order chi connectivity index (χ1) is 17.3. The van der Waals surface area contributed by atoms with Gasteiger partial charge in [0.1, 0.15) is 5.82 Å². The van der Waals surface area contributed by atoms with E-state index in [1.807, 2.05) is 30.3 Å². The molecule has 1 fully saturated rings. The molecule has 4 aromatic rings. The zero-order chi connectivity index (χ0) is 25.4. The fraction of sp³-hybridized carbons (Fsp3) is 0.296. The number of para-hydroxylation sites is 1. The third-order valence-corrected chi connectivity index (χ3v) is 9.12. The Morgan fingerprint density at radius 2 is 1.75 bits per heavy atom. The van der Waals surface area contributed by atoms with Gasteiger partial charge in [0.2, 0.25) is 15.9 Å². The molecule has 0 aliphatic carbocycles. The summed E-state index contributed by atoms with van der Waals surface area (Å²) in [7, 11) is -3.76. The van der Waals surface area contributed by atoms with Crippen molar-refractivity contribution >= 4 is 55.0 Å². The molecule has 1 amide bonds. The lowest BCUT2D eigenvalue weighted by molar-refractivity contribution is -0.120. The number of rotatable bonds is 6. The zero-order valence-electron chi connectivity index (χ0n) is 19.9. The summed E-state index contributed by atoms with van der Waals surface area (Å²) in [5.74, 6) is -1.57. The van der Waals surface area contributed by atoms with Gasteiger partial charge in [0, 0.05) is 63.6 Å². The highest BCUT2D eigenvalue weighted by molar-refractivity contribution is 7.88. The van der Waals surface area contributed by atoms with Crippen molar-refractivity contribution in [2.45, 2.75) is 32.1 Å². The van der Waals surface area contributed by atoms with Crippen molar-refractivity contribution in [3.05, 3.63) is 77.1 Å². The van der Waals surface area contributed by atoms with Gasteiger partial charge < -0.3 is 9.88 Å². The first-order valence-electron chi connectivity index (χ1n) is 12.0. The van der Waals surface area contributed by atoms with Crippen molar-refractivity contribution < 1.29 is 17.6 Å². The minimum absolute atomic E-state index is 0.0288. The van der Waals surface area contributed by atoms with Crippen LogP contribution in [0.5, 0.6) is 0 Å². The van der Waals surface area contributed by atoms with Gasteiger partial charge in [0.15, 0.2) is 0 Å². The van der Waals surface area contributed by atoms with E-state index < -0.39 is 21.6 Å². The number of aromatic nitrogens is 1. The van der Waals surface area contributed by atoms with Crippen molar-refractivity contribution in [1.82, 2.24) is 8.87 Å². The number of benzene rings is 3. The molecule has 1 N–H and O–H groups in total. The van der Waals surface area contributed by atoms with Crippen molar-refractivity contribution in [1.29, 1.82) is 0 Å². The van der Waals surface area contributed by atoms with E-state index in [2.05, 4.69) is 28.9 Å². The van der Waals surface area contributed by atoms with Crippen LogP contribution in [0.25, 0.3) is 21.8 Å². The first kappa shape index (κ1) is 24.7. The van der Waals surface area contributed by atoms with Gasteiger partial charge in [-0.15, -0.1) is 0 Å². The molecule has 5 rings (SSSR count). The predicted molar refractivity (Wildman–Crippen MR) is 142 cm³/mol. The number of hydrogen-bond acceptors (Lipinski definition) is 3. The maximum absolute atomic E-state index is 14.1. The molecule has 0 bridgehead atoms. The summed E-state index contributed by atoms with van der Waals surface area (Å²) < 4.78 is 43.4. The minimum Gasteiger partial charge on any atom is -0.341 e. The highest BCUT2D eigenvalue weighted by Gasteiger charge is 2.32. The van der Waals surface area contributed by atoms with Gasteiger partial charge in [-0.25, -0.2) is 17.1 Å². The normalized spacial score (nSPS) is 15.5. The van der Waals surface area contributed by atoms with Gasteiger partial charge in [-0.05, 0) is 56.2 Å². The number of sulfonamides is 1. The number of fused-ring (bicyclic) bond motifs is 3. The number of carbonyl (C=O) groups excluding carboxylic acids is 1. The second-order valence-corrected chi connectivity index (χ2v) is 11.5. The van der Waals surface area contributed by atoms with Crippen LogP contribution < -0.4 is 5.32 Å². The highest BCUT2D eigenvalue weighted by atomic mass is 35.5. The maximum Gasteiger partial charge on any atom is 0.227 e. The lowest BCUT2D eigenvalue weighted by atomic mass is 9.97. The second-order valence-electron chi connectivity index (χ2n) is 9.11. The third kappa shape index (κ3) is 4.61. The molecular weight excluding hydrogens is 501 g/mol.